The number of rotatable bonds is 8. The summed E-state index contributed by atoms with van der Waals surface area (Å²) >= 11 is 6.04. The van der Waals surface area contributed by atoms with Crippen molar-refractivity contribution >= 4 is 29.0 Å². The molecule has 1 aromatic carbocycles. The summed E-state index contributed by atoms with van der Waals surface area (Å²) in [5, 5.41) is -0.326. The zero-order chi connectivity index (χ0) is 30.7. The fraction of sp³-hybridized carbons (Fsp3) is 0.567. The molecule has 2 saturated heterocycles. The van der Waals surface area contributed by atoms with Crippen LogP contribution >= 0.6 is 11.6 Å². The first-order chi connectivity index (χ1) is 20.5. The number of amides is 1. The zero-order valence-corrected chi connectivity index (χ0v) is 25.7. The van der Waals surface area contributed by atoms with Crippen LogP contribution in [-0.4, -0.2) is 110 Å². The predicted octanol–water partition coefficient (Wildman–Crippen LogP) is 3.95. The number of carbonyl (C=O) groups is 1. The van der Waals surface area contributed by atoms with Gasteiger partial charge in [0, 0.05) is 56.9 Å². The van der Waals surface area contributed by atoms with Gasteiger partial charge < -0.3 is 29.2 Å². The van der Waals surface area contributed by atoms with Crippen molar-refractivity contribution in [1.29, 1.82) is 0 Å². The molecule has 0 unspecified atom stereocenters. The number of fused-ring (bicyclic) bond motifs is 1. The van der Waals surface area contributed by atoms with Gasteiger partial charge in [0.2, 0.25) is 5.91 Å². The van der Waals surface area contributed by atoms with Gasteiger partial charge in [-0.1, -0.05) is 23.7 Å². The van der Waals surface area contributed by atoms with Gasteiger partial charge in [0.05, 0.1) is 28.5 Å². The molecule has 1 aromatic heterocycles. The van der Waals surface area contributed by atoms with Crippen LogP contribution < -0.4 is 14.5 Å². The van der Waals surface area contributed by atoms with Gasteiger partial charge in [0.15, 0.2) is 0 Å². The second-order valence-corrected chi connectivity index (χ2v) is 12.0. The summed E-state index contributed by atoms with van der Waals surface area (Å²) in [7, 11) is 5.96. The number of halogens is 4. The molecule has 1 amide bonds. The number of likely N-dealkylation sites (tertiary alicyclic amines) is 1. The first kappa shape index (κ1) is 31.3. The van der Waals surface area contributed by atoms with E-state index >= 15 is 0 Å². The quantitative estimate of drug-likeness (QED) is 0.411. The minimum absolute atomic E-state index is 0.0199. The molecule has 1 atom stereocenters. The normalized spacial score (nSPS) is 19.9. The van der Waals surface area contributed by atoms with E-state index in [0.717, 1.165) is 30.8 Å². The van der Waals surface area contributed by atoms with Crippen LogP contribution in [0, 0.1) is 0 Å². The van der Waals surface area contributed by atoms with Crippen LogP contribution in [0.25, 0.3) is 0 Å². The molecule has 9 nitrogen and oxygen atoms in total. The van der Waals surface area contributed by atoms with Gasteiger partial charge in [0.25, 0.3) is 0 Å². The van der Waals surface area contributed by atoms with E-state index in [4.69, 9.17) is 26.3 Å². The summed E-state index contributed by atoms with van der Waals surface area (Å²) in [5.74, 6) is 0.713. The Morgan fingerprint density at radius 3 is 2.56 bits per heavy atom. The molecule has 3 aliphatic rings. The number of aromatic nitrogens is 2. The molecule has 2 aromatic rings. The Morgan fingerprint density at radius 1 is 1.12 bits per heavy atom. The standard InChI is InChI=1S/C30H39ClF3N7O2/c1-37(2)12-6-10-26(42)39-15-17-40(18-16-39)28-22-11-14-41(25-9-4-8-23(31)27(25)30(32,33)34)19-24(22)35-29(36-28)43-20-21-7-5-13-38(21)3/h4,6,8-10,21H,5,7,11-20H2,1-3H3/b10-6+/t21-/m0/s1. The van der Waals surface area contributed by atoms with E-state index < -0.39 is 11.7 Å². The lowest BCUT2D eigenvalue weighted by atomic mass is 10.0. The number of carbonyl (C=O) groups excluding carboxylic acids is 1. The number of anilines is 2. The van der Waals surface area contributed by atoms with Gasteiger partial charge in [-0.15, -0.1) is 0 Å². The SMILES string of the molecule is CN(C)C/C=C/C(=O)N1CCN(c2nc(OC[C@@H]3CCCN3C)nc3c2CCN(c2cccc(Cl)c2C(F)(F)F)C3)CC1. The summed E-state index contributed by atoms with van der Waals surface area (Å²) in [6.07, 6.45) is 1.47. The summed E-state index contributed by atoms with van der Waals surface area (Å²) in [4.78, 5) is 32.1. The summed E-state index contributed by atoms with van der Waals surface area (Å²) in [6, 6.07) is 4.74. The highest BCUT2D eigenvalue weighted by Crippen LogP contribution is 2.43. The second-order valence-electron chi connectivity index (χ2n) is 11.6. The van der Waals surface area contributed by atoms with Crippen LogP contribution in [0.1, 0.15) is 29.7 Å². The Balaban J connectivity index is 1.39. The monoisotopic (exact) mass is 621 g/mol. The zero-order valence-electron chi connectivity index (χ0n) is 24.9. The topological polar surface area (TPSA) is 68.3 Å². The molecule has 0 radical (unpaired) electrons. The number of nitrogens with zero attached hydrogens (tertiary/aromatic N) is 7. The molecule has 13 heteroatoms. The van der Waals surface area contributed by atoms with E-state index in [0.29, 0.717) is 58.0 Å². The van der Waals surface area contributed by atoms with Crippen molar-refractivity contribution < 1.29 is 22.7 Å². The maximum atomic E-state index is 14.0. The highest BCUT2D eigenvalue weighted by molar-refractivity contribution is 6.31. The van der Waals surface area contributed by atoms with Crippen molar-refractivity contribution in [2.24, 2.45) is 0 Å². The molecular formula is C30H39ClF3N7O2. The fourth-order valence-electron chi connectivity index (χ4n) is 5.95. The lowest BCUT2D eigenvalue weighted by Gasteiger charge is -2.38. The maximum Gasteiger partial charge on any atom is 0.419 e. The fourth-order valence-corrected chi connectivity index (χ4v) is 6.22. The summed E-state index contributed by atoms with van der Waals surface area (Å²) < 4.78 is 48.1. The van der Waals surface area contributed by atoms with Gasteiger partial charge in [-0.25, -0.2) is 0 Å². The highest BCUT2D eigenvalue weighted by Gasteiger charge is 2.38. The van der Waals surface area contributed by atoms with Crippen molar-refractivity contribution in [2.75, 3.05) is 83.4 Å². The van der Waals surface area contributed by atoms with E-state index in [9.17, 15) is 18.0 Å². The Bertz CT molecular complexity index is 1330. The molecule has 0 aliphatic carbocycles. The minimum Gasteiger partial charge on any atom is -0.462 e. The number of alkyl halides is 3. The largest absolute Gasteiger partial charge is 0.462 e. The molecule has 0 spiro atoms. The minimum atomic E-state index is -4.59. The molecule has 2 fully saturated rings. The van der Waals surface area contributed by atoms with E-state index in [1.54, 1.807) is 11.0 Å². The Kier molecular flexibility index (Phi) is 9.67. The third-order valence-corrected chi connectivity index (χ3v) is 8.65. The van der Waals surface area contributed by atoms with Crippen LogP contribution in [0.15, 0.2) is 30.4 Å². The molecule has 0 saturated carbocycles. The number of hydrogen-bond acceptors (Lipinski definition) is 8. The molecule has 0 N–H and O–H groups in total. The van der Waals surface area contributed by atoms with Crippen molar-refractivity contribution in [1.82, 2.24) is 24.7 Å². The number of likely N-dealkylation sites (N-methyl/N-ethyl adjacent to an activating group) is 2. The van der Waals surface area contributed by atoms with Gasteiger partial charge in [-0.3, -0.25) is 4.79 Å². The van der Waals surface area contributed by atoms with Gasteiger partial charge in [0.1, 0.15) is 12.4 Å². The molecule has 5 rings (SSSR count). The molecule has 43 heavy (non-hydrogen) atoms. The van der Waals surface area contributed by atoms with Crippen LogP contribution in [0.4, 0.5) is 24.7 Å². The average molecular weight is 622 g/mol. The van der Waals surface area contributed by atoms with Gasteiger partial charge in [-0.05, 0) is 59.1 Å². The maximum absolute atomic E-state index is 14.0. The first-order valence-corrected chi connectivity index (χ1v) is 15.1. The molecule has 3 aliphatic heterocycles. The molecule has 234 valence electrons. The molecule has 0 bridgehead atoms. The first-order valence-electron chi connectivity index (χ1n) is 14.7. The van der Waals surface area contributed by atoms with E-state index in [-0.39, 0.29) is 35.2 Å². The number of piperazine rings is 1. The van der Waals surface area contributed by atoms with Gasteiger partial charge >= 0.3 is 12.2 Å². The lowest BCUT2D eigenvalue weighted by molar-refractivity contribution is -0.137. The van der Waals surface area contributed by atoms with Crippen LogP contribution in [0.3, 0.4) is 0 Å². The van der Waals surface area contributed by atoms with Crippen molar-refractivity contribution in [2.45, 2.75) is 38.0 Å². The summed E-state index contributed by atoms with van der Waals surface area (Å²) in [6.45, 7) is 4.90. The predicted molar refractivity (Wildman–Crippen MR) is 161 cm³/mol. The van der Waals surface area contributed by atoms with E-state index in [1.165, 1.54) is 18.2 Å². The molecular weight excluding hydrogens is 583 g/mol. The lowest BCUT2D eigenvalue weighted by Crippen LogP contribution is -2.49. The Morgan fingerprint density at radius 2 is 1.88 bits per heavy atom. The van der Waals surface area contributed by atoms with Crippen LogP contribution in [0.5, 0.6) is 6.01 Å². The highest BCUT2D eigenvalue weighted by atomic mass is 35.5. The van der Waals surface area contributed by atoms with Crippen LogP contribution in [0.2, 0.25) is 5.02 Å². The Labute approximate surface area is 255 Å². The smallest absolute Gasteiger partial charge is 0.419 e. The number of benzene rings is 1. The van der Waals surface area contributed by atoms with Crippen LogP contribution in [-0.2, 0) is 23.9 Å². The Hall–Kier alpha value is -3.09. The summed E-state index contributed by atoms with van der Waals surface area (Å²) in [5.41, 5.74) is 0.748. The van der Waals surface area contributed by atoms with E-state index in [1.807, 2.05) is 30.0 Å². The number of hydrogen-bond donors (Lipinski definition) is 0. The van der Waals surface area contributed by atoms with Crippen molar-refractivity contribution in [3.63, 3.8) is 0 Å². The second kappa shape index (κ2) is 13.3. The molecule has 4 heterocycles. The van der Waals surface area contributed by atoms with E-state index in [2.05, 4.69) is 16.8 Å². The van der Waals surface area contributed by atoms with Gasteiger partial charge in [-0.2, -0.15) is 23.1 Å². The van der Waals surface area contributed by atoms with Crippen molar-refractivity contribution in [3.8, 4) is 6.01 Å². The average Bonchev–Trinajstić information content (AvgIpc) is 3.38. The third-order valence-electron chi connectivity index (χ3n) is 8.34. The number of ether oxygens (including phenoxy) is 1. The van der Waals surface area contributed by atoms with Crippen molar-refractivity contribution in [3.05, 3.63) is 52.2 Å². The third kappa shape index (κ3) is 7.35.